The lowest BCUT2D eigenvalue weighted by molar-refractivity contribution is -0.152. The number of methoxy groups -OCH3 is 1. The third-order valence-electron chi connectivity index (χ3n) is 4.24. The largest absolute Gasteiger partial charge is 0.469 e. The van der Waals surface area contributed by atoms with Gasteiger partial charge in [0.1, 0.15) is 0 Å². The van der Waals surface area contributed by atoms with E-state index in [1.807, 2.05) is 0 Å². The fraction of sp³-hybridized carbons (Fsp3) is 0.917. The molecular weight excluding hydrogens is 176 g/mol. The Bertz CT molecular complexity index is 216. The molecule has 0 amide bonds. The number of carbonyl (C=O) groups is 1. The molecule has 2 rings (SSSR count). The van der Waals surface area contributed by atoms with Crippen LogP contribution in [0.2, 0.25) is 0 Å². The third-order valence-corrected chi connectivity index (χ3v) is 4.24. The van der Waals surface area contributed by atoms with E-state index in [1.54, 1.807) is 0 Å². The zero-order valence-electron chi connectivity index (χ0n) is 9.05. The third kappa shape index (κ3) is 1.55. The SMILES string of the molecule is COC(=O)C1CCCCC12CCCC2. The molecule has 2 nitrogen and oxygen atoms in total. The molecule has 0 aromatic rings. The lowest BCUT2D eigenvalue weighted by Crippen LogP contribution is -2.37. The normalized spacial score (nSPS) is 30.5. The van der Waals surface area contributed by atoms with Crippen molar-refractivity contribution in [3.05, 3.63) is 0 Å². The van der Waals surface area contributed by atoms with Crippen LogP contribution < -0.4 is 0 Å². The van der Waals surface area contributed by atoms with Gasteiger partial charge in [-0.3, -0.25) is 4.79 Å². The Morgan fingerprint density at radius 3 is 2.29 bits per heavy atom. The molecule has 2 heteroatoms. The van der Waals surface area contributed by atoms with Crippen LogP contribution in [-0.2, 0) is 9.53 Å². The Balaban J connectivity index is 2.14. The van der Waals surface area contributed by atoms with Crippen molar-refractivity contribution in [3.8, 4) is 0 Å². The highest BCUT2D eigenvalue weighted by Gasteiger charge is 2.46. The molecule has 2 saturated carbocycles. The molecule has 2 fully saturated rings. The van der Waals surface area contributed by atoms with Crippen molar-refractivity contribution in [2.75, 3.05) is 7.11 Å². The summed E-state index contributed by atoms with van der Waals surface area (Å²) in [6.07, 6.45) is 9.98. The fourth-order valence-electron chi connectivity index (χ4n) is 3.49. The van der Waals surface area contributed by atoms with Crippen molar-refractivity contribution >= 4 is 5.97 Å². The summed E-state index contributed by atoms with van der Waals surface area (Å²) in [6.45, 7) is 0. The van der Waals surface area contributed by atoms with Gasteiger partial charge in [0.25, 0.3) is 0 Å². The summed E-state index contributed by atoms with van der Waals surface area (Å²) in [7, 11) is 1.53. The Hall–Kier alpha value is -0.530. The van der Waals surface area contributed by atoms with Gasteiger partial charge in [-0.2, -0.15) is 0 Å². The van der Waals surface area contributed by atoms with Gasteiger partial charge in [-0.15, -0.1) is 0 Å². The molecule has 80 valence electrons. The second-order valence-electron chi connectivity index (χ2n) is 4.89. The zero-order chi connectivity index (χ0) is 10.0. The minimum Gasteiger partial charge on any atom is -0.469 e. The minimum absolute atomic E-state index is 0.0478. The Kier molecular flexibility index (Phi) is 2.80. The molecule has 0 bridgehead atoms. The van der Waals surface area contributed by atoms with Crippen LogP contribution >= 0.6 is 0 Å². The monoisotopic (exact) mass is 196 g/mol. The van der Waals surface area contributed by atoms with E-state index in [0.717, 1.165) is 6.42 Å². The number of rotatable bonds is 1. The summed E-state index contributed by atoms with van der Waals surface area (Å²) >= 11 is 0. The summed E-state index contributed by atoms with van der Waals surface area (Å²) in [4.78, 5) is 11.7. The highest BCUT2D eigenvalue weighted by Crippen LogP contribution is 2.52. The van der Waals surface area contributed by atoms with Crippen molar-refractivity contribution in [1.29, 1.82) is 0 Å². The summed E-state index contributed by atoms with van der Waals surface area (Å²) in [6, 6.07) is 0. The number of hydrogen-bond donors (Lipinski definition) is 0. The van der Waals surface area contributed by atoms with Crippen LogP contribution in [0.5, 0.6) is 0 Å². The van der Waals surface area contributed by atoms with E-state index < -0.39 is 0 Å². The topological polar surface area (TPSA) is 26.3 Å². The summed E-state index contributed by atoms with van der Waals surface area (Å²) in [5.74, 6) is 0.260. The van der Waals surface area contributed by atoms with Crippen LogP contribution in [0.1, 0.15) is 51.4 Å². The Labute approximate surface area is 86.0 Å². The number of ether oxygens (including phenoxy) is 1. The molecule has 0 heterocycles. The molecule has 2 aliphatic carbocycles. The first-order chi connectivity index (χ1) is 6.78. The van der Waals surface area contributed by atoms with E-state index in [1.165, 1.54) is 52.1 Å². The molecule has 0 radical (unpaired) electrons. The van der Waals surface area contributed by atoms with E-state index in [2.05, 4.69) is 0 Å². The molecular formula is C12H20O2. The molecule has 0 saturated heterocycles. The second-order valence-corrected chi connectivity index (χ2v) is 4.89. The Morgan fingerprint density at radius 1 is 1.14 bits per heavy atom. The van der Waals surface area contributed by atoms with Gasteiger partial charge in [0, 0.05) is 0 Å². The van der Waals surface area contributed by atoms with Gasteiger partial charge in [-0.25, -0.2) is 0 Å². The molecule has 0 aromatic carbocycles. The first-order valence-electron chi connectivity index (χ1n) is 5.86. The first-order valence-corrected chi connectivity index (χ1v) is 5.86. The molecule has 1 atom stereocenters. The summed E-state index contributed by atoms with van der Waals surface area (Å²) < 4.78 is 4.94. The standard InChI is InChI=1S/C12H20O2/c1-14-11(13)10-6-2-3-7-12(10)8-4-5-9-12/h10H,2-9H2,1H3. The van der Waals surface area contributed by atoms with E-state index in [4.69, 9.17) is 4.74 Å². The zero-order valence-corrected chi connectivity index (χ0v) is 9.05. The van der Waals surface area contributed by atoms with Crippen LogP contribution in [0, 0.1) is 11.3 Å². The van der Waals surface area contributed by atoms with Gasteiger partial charge in [0.15, 0.2) is 0 Å². The maximum Gasteiger partial charge on any atom is 0.309 e. The van der Waals surface area contributed by atoms with Gasteiger partial charge in [0.05, 0.1) is 13.0 Å². The quantitative estimate of drug-likeness (QED) is 0.603. The molecule has 1 spiro atoms. The Morgan fingerprint density at radius 2 is 1.71 bits per heavy atom. The van der Waals surface area contributed by atoms with Crippen molar-refractivity contribution in [3.63, 3.8) is 0 Å². The second kappa shape index (κ2) is 3.92. The molecule has 1 unspecified atom stereocenters. The van der Waals surface area contributed by atoms with Gasteiger partial charge in [-0.1, -0.05) is 25.7 Å². The van der Waals surface area contributed by atoms with E-state index in [-0.39, 0.29) is 11.9 Å². The van der Waals surface area contributed by atoms with Gasteiger partial charge in [-0.05, 0) is 31.1 Å². The van der Waals surface area contributed by atoms with Gasteiger partial charge >= 0.3 is 5.97 Å². The van der Waals surface area contributed by atoms with E-state index in [9.17, 15) is 4.79 Å². The smallest absolute Gasteiger partial charge is 0.309 e. The molecule has 2 aliphatic rings. The average molecular weight is 196 g/mol. The predicted molar refractivity (Wildman–Crippen MR) is 54.9 cm³/mol. The molecule has 0 aromatic heterocycles. The maximum atomic E-state index is 11.7. The van der Waals surface area contributed by atoms with E-state index >= 15 is 0 Å². The van der Waals surface area contributed by atoms with Crippen LogP contribution in [0.3, 0.4) is 0 Å². The van der Waals surface area contributed by atoms with Crippen LogP contribution in [0.4, 0.5) is 0 Å². The molecule has 14 heavy (non-hydrogen) atoms. The summed E-state index contributed by atoms with van der Waals surface area (Å²) in [5, 5.41) is 0. The van der Waals surface area contributed by atoms with Crippen molar-refractivity contribution in [1.82, 2.24) is 0 Å². The first kappa shape index (κ1) is 10.0. The lowest BCUT2D eigenvalue weighted by atomic mass is 9.65. The summed E-state index contributed by atoms with van der Waals surface area (Å²) in [5.41, 5.74) is 0.339. The van der Waals surface area contributed by atoms with Crippen molar-refractivity contribution < 1.29 is 9.53 Å². The molecule has 0 N–H and O–H groups in total. The van der Waals surface area contributed by atoms with Crippen LogP contribution in [0.25, 0.3) is 0 Å². The van der Waals surface area contributed by atoms with Crippen LogP contribution in [-0.4, -0.2) is 13.1 Å². The predicted octanol–water partition coefficient (Wildman–Crippen LogP) is 2.91. The highest BCUT2D eigenvalue weighted by molar-refractivity contribution is 5.73. The number of carbonyl (C=O) groups excluding carboxylic acids is 1. The van der Waals surface area contributed by atoms with Crippen molar-refractivity contribution in [2.24, 2.45) is 11.3 Å². The van der Waals surface area contributed by atoms with Crippen LogP contribution in [0.15, 0.2) is 0 Å². The van der Waals surface area contributed by atoms with Gasteiger partial charge in [0.2, 0.25) is 0 Å². The lowest BCUT2D eigenvalue weighted by Gasteiger charge is -2.39. The minimum atomic E-state index is 0.0478. The van der Waals surface area contributed by atoms with Gasteiger partial charge < -0.3 is 4.74 Å². The number of hydrogen-bond acceptors (Lipinski definition) is 2. The highest BCUT2D eigenvalue weighted by atomic mass is 16.5. The number of esters is 1. The average Bonchev–Trinajstić information content (AvgIpc) is 2.67. The van der Waals surface area contributed by atoms with E-state index in [0.29, 0.717) is 5.41 Å². The molecule has 0 aliphatic heterocycles. The fourth-order valence-corrected chi connectivity index (χ4v) is 3.49. The maximum absolute atomic E-state index is 11.7. The van der Waals surface area contributed by atoms with Crippen molar-refractivity contribution in [2.45, 2.75) is 51.4 Å².